The van der Waals surface area contributed by atoms with Gasteiger partial charge in [0.1, 0.15) is 5.75 Å². The Labute approximate surface area is 122 Å². The summed E-state index contributed by atoms with van der Waals surface area (Å²) in [4.78, 5) is 5.00. The van der Waals surface area contributed by atoms with E-state index in [1.807, 2.05) is 12.1 Å². The van der Waals surface area contributed by atoms with E-state index < -0.39 is 0 Å². The van der Waals surface area contributed by atoms with E-state index in [0.29, 0.717) is 6.04 Å². The summed E-state index contributed by atoms with van der Waals surface area (Å²) >= 11 is 0. The lowest BCUT2D eigenvalue weighted by atomic mass is 9.98. The van der Waals surface area contributed by atoms with Crippen molar-refractivity contribution in [3.05, 3.63) is 29.8 Å². The molecule has 1 aliphatic rings. The van der Waals surface area contributed by atoms with Crippen molar-refractivity contribution in [3.8, 4) is 5.75 Å². The molecule has 0 saturated carbocycles. The van der Waals surface area contributed by atoms with E-state index in [0.717, 1.165) is 38.5 Å². The Balaban J connectivity index is 2.10. The highest BCUT2D eigenvalue weighted by Crippen LogP contribution is 2.26. The van der Waals surface area contributed by atoms with Gasteiger partial charge in [-0.05, 0) is 31.2 Å². The number of piperazine rings is 1. The highest BCUT2D eigenvalue weighted by Gasteiger charge is 2.27. The number of likely N-dealkylation sites (N-methyl/N-ethyl adjacent to an activating group) is 1. The topological polar surface area (TPSA) is 41.7 Å². The van der Waals surface area contributed by atoms with Crippen LogP contribution in [0.1, 0.15) is 25.5 Å². The quantitative estimate of drug-likeness (QED) is 0.890. The normalized spacial score (nSPS) is 20.6. The van der Waals surface area contributed by atoms with Crippen LogP contribution in [0.25, 0.3) is 0 Å². The molecule has 0 aliphatic carbocycles. The SMILES string of the molecule is CCN1CCN(C(c2ccc(OC)cc2)C(C)N)CC1. The van der Waals surface area contributed by atoms with E-state index >= 15 is 0 Å². The largest absolute Gasteiger partial charge is 0.497 e. The molecule has 2 atom stereocenters. The van der Waals surface area contributed by atoms with Crippen molar-refractivity contribution < 1.29 is 4.74 Å². The molecule has 1 heterocycles. The standard InChI is InChI=1S/C16H27N3O/c1-4-18-9-11-19(12-10-18)16(13(2)17)14-5-7-15(20-3)8-6-14/h5-8,13,16H,4,9-12,17H2,1-3H3. The second-order valence-corrected chi connectivity index (χ2v) is 5.55. The molecule has 0 aromatic heterocycles. The molecule has 4 nitrogen and oxygen atoms in total. The molecule has 1 saturated heterocycles. The van der Waals surface area contributed by atoms with Crippen molar-refractivity contribution in [1.82, 2.24) is 9.80 Å². The van der Waals surface area contributed by atoms with Gasteiger partial charge < -0.3 is 15.4 Å². The summed E-state index contributed by atoms with van der Waals surface area (Å²) in [6.45, 7) is 9.91. The Morgan fingerprint density at radius 1 is 1.15 bits per heavy atom. The van der Waals surface area contributed by atoms with Crippen LogP contribution in [0.5, 0.6) is 5.75 Å². The second-order valence-electron chi connectivity index (χ2n) is 5.55. The third-order valence-electron chi connectivity index (χ3n) is 4.20. The molecular weight excluding hydrogens is 250 g/mol. The van der Waals surface area contributed by atoms with E-state index in [-0.39, 0.29) is 6.04 Å². The lowest BCUT2D eigenvalue weighted by Gasteiger charge is -2.40. The molecule has 112 valence electrons. The molecule has 4 heteroatoms. The Hall–Kier alpha value is -1.10. The van der Waals surface area contributed by atoms with E-state index in [2.05, 4.69) is 35.8 Å². The van der Waals surface area contributed by atoms with Crippen LogP contribution in [-0.4, -0.2) is 55.7 Å². The molecule has 1 aromatic rings. The Kier molecular flexibility index (Phi) is 5.40. The van der Waals surface area contributed by atoms with Crippen molar-refractivity contribution in [3.63, 3.8) is 0 Å². The molecule has 1 aliphatic heterocycles. The smallest absolute Gasteiger partial charge is 0.118 e. The lowest BCUT2D eigenvalue weighted by molar-refractivity contribution is 0.0898. The highest BCUT2D eigenvalue weighted by molar-refractivity contribution is 5.30. The second kappa shape index (κ2) is 7.07. The van der Waals surface area contributed by atoms with E-state index in [1.165, 1.54) is 5.56 Å². The molecule has 1 fully saturated rings. The third-order valence-corrected chi connectivity index (χ3v) is 4.20. The van der Waals surface area contributed by atoms with E-state index in [1.54, 1.807) is 7.11 Å². The van der Waals surface area contributed by atoms with Crippen LogP contribution >= 0.6 is 0 Å². The fourth-order valence-electron chi connectivity index (χ4n) is 3.01. The molecule has 0 spiro atoms. The van der Waals surface area contributed by atoms with Gasteiger partial charge in [0.25, 0.3) is 0 Å². The monoisotopic (exact) mass is 277 g/mol. The zero-order chi connectivity index (χ0) is 14.5. The van der Waals surface area contributed by atoms with Crippen LogP contribution in [-0.2, 0) is 0 Å². The predicted molar refractivity (Wildman–Crippen MR) is 83.1 cm³/mol. The highest BCUT2D eigenvalue weighted by atomic mass is 16.5. The van der Waals surface area contributed by atoms with Gasteiger partial charge in [-0.15, -0.1) is 0 Å². The minimum Gasteiger partial charge on any atom is -0.497 e. The minimum atomic E-state index is 0.122. The zero-order valence-corrected chi connectivity index (χ0v) is 12.9. The maximum Gasteiger partial charge on any atom is 0.118 e. The van der Waals surface area contributed by atoms with Gasteiger partial charge in [-0.3, -0.25) is 4.90 Å². The fourth-order valence-corrected chi connectivity index (χ4v) is 3.01. The van der Waals surface area contributed by atoms with Crippen LogP contribution in [0, 0.1) is 0 Å². The van der Waals surface area contributed by atoms with E-state index in [4.69, 9.17) is 10.5 Å². The summed E-state index contributed by atoms with van der Waals surface area (Å²) < 4.78 is 5.23. The number of ether oxygens (including phenoxy) is 1. The molecule has 2 unspecified atom stereocenters. The van der Waals surface area contributed by atoms with Crippen molar-refractivity contribution >= 4 is 0 Å². The summed E-state index contributed by atoms with van der Waals surface area (Å²) in [5.74, 6) is 0.896. The number of methoxy groups -OCH3 is 1. The van der Waals surface area contributed by atoms with Gasteiger partial charge in [0.15, 0.2) is 0 Å². The number of rotatable bonds is 5. The van der Waals surface area contributed by atoms with Crippen LogP contribution < -0.4 is 10.5 Å². The summed E-state index contributed by atoms with van der Waals surface area (Å²) in [5.41, 5.74) is 7.53. The Morgan fingerprint density at radius 3 is 2.20 bits per heavy atom. The first-order chi connectivity index (χ1) is 9.65. The first kappa shape index (κ1) is 15.3. The fraction of sp³-hybridized carbons (Fsp3) is 0.625. The van der Waals surface area contributed by atoms with Crippen LogP contribution in [0.2, 0.25) is 0 Å². The Morgan fingerprint density at radius 2 is 1.75 bits per heavy atom. The number of nitrogens with zero attached hydrogens (tertiary/aromatic N) is 2. The average molecular weight is 277 g/mol. The number of hydrogen-bond acceptors (Lipinski definition) is 4. The summed E-state index contributed by atoms with van der Waals surface area (Å²) in [5, 5.41) is 0. The summed E-state index contributed by atoms with van der Waals surface area (Å²) in [7, 11) is 1.70. The minimum absolute atomic E-state index is 0.122. The molecule has 1 aromatic carbocycles. The van der Waals surface area contributed by atoms with Gasteiger partial charge in [-0.2, -0.15) is 0 Å². The number of benzene rings is 1. The molecule has 0 radical (unpaired) electrons. The van der Waals surface area contributed by atoms with Gasteiger partial charge in [0.05, 0.1) is 7.11 Å². The van der Waals surface area contributed by atoms with Gasteiger partial charge >= 0.3 is 0 Å². The maximum atomic E-state index is 6.25. The van der Waals surface area contributed by atoms with Gasteiger partial charge in [0.2, 0.25) is 0 Å². The Bertz CT molecular complexity index is 397. The number of nitrogens with two attached hydrogens (primary N) is 1. The number of hydrogen-bond donors (Lipinski definition) is 1. The van der Waals surface area contributed by atoms with Gasteiger partial charge in [0, 0.05) is 38.3 Å². The van der Waals surface area contributed by atoms with Crippen molar-refractivity contribution in [2.24, 2.45) is 5.73 Å². The molecule has 20 heavy (non-hydrogen) atoms. The predicted octanol–water partition coefficient (Wildman–Crippen LogP) is 1.72. The maximum absolute atomic E-state index is 6.25. The third kappa shape index (κ3) is 3.51. The zero-order valence-electron chi connectivity index (χ0n) is 12.9. The van der Waals surface area contributed by atoms with Crippen LogP contribution in [0.15, 0.2) is 24.3 Å². The van der Waals surface area contributed by atoms with Gasteiger partial charge in [-0.1, -0.05) is 19.1 Å². The van der Waals surface area contributed by atoms with Crippen molar-refractivity contribution in [1.29, 1.82) is 0 Å². The van der Waals surface area contributed by atoms with Crippen molar-refractivity contribution in [2.45, 2.75) is 25.9 Å². The molecule has 0 bridgehead atoms. The lowest BCUT2D eigenvalue weighted by Crippen LogP contribution is -2.50. The summed E-state index contributed by atoms with van der Waals surface area (Å²) in [6.07, 6.45) is 0. The molecular formula is C16H27N3O. The molecule has 2 N–H and O–H groups in total. The van der Waals surface area contributed by atoms with E-state index in [9.17, 15) is 0 Å². The first-order valence-corrected chi connectivity index (χ1v) is 7.51. The summed E-state index contributed by atoms with van der Waals surface area (Å²) in [6, 6.07) is 8.73. The van der Waals surface area contributed by atoms with Crippen LogP contribution in [0.3, 0.4) is 0 Å². The van der Waals surface area contributed by atoms with Crippen molar-refractivity contribution in [2.75, 3.05) is 39.8 Å². The molecule has 2 rings (SSSR count). The van der Waals surface area contributed by atoms with Gasteiger partial charge in [-0.25, -0.2) is 0 Å². The van der Waals surface area contributed by atoms with Crippen LogP contribution in [0.4, 0.5) is 0 Å². The average Bonchev–Trinajstić information content (AvgIpc) is 2.48. The molecule has 0 amide bonds. The first-order valence-electron chi connectivity index (χ1n) is 7.51.